The quantitative estimate of drug-likeness (QED) is 0.162. The van der Waals surface area contributed by atoms with Gasteiger partial charge in [-0.15, -0.1) is 0 Å². The molecule has 0 radical (unpaired) electrons. The molecule has 0 unspecified atom stereocenters. The number of fused-ring (bicyclic) bond motifs is 3. The van der Waals surface area contributed by atoms with Crippen LogP contribution in [0.2, 0.25) is 0 Å². The van der Waals surface area contributed by atoms with Crippen LogP contribution in [0.1, 0.15) is 146 Å². The van der Waals surface area contributed by atoms with Gasteiger partial charge in [-0.3, -0.25) is 57.5 Å². The van der Waals surface area contributed by atoms with Crippen molar-refractivity contribution < 1.29 is 93.4 Å². The number of nitrogens with zero attached hydrogens (tertiary/aromatic N) is 9. The van der Waals surface area contributed by atoms with Crippen LogP contribution in [0, 0.1) is 17.8 Å². The zero-order valence-corrected chi connectivity index (χ0v) is 63.9. The van der Waals surface area contributed by atoms with Gasteiger partial charge in [0.1, 0.15) is 59.6 Å². The van der Waals surface area contributed by atoms with E-state index in [4.69, 9.17) is 9.47 Å². The molecule has 108 heavy (non-hydrogen) atoms. The molecule has 3 saturated carbocycles. The van der Waals surface area contributed by atoms with Crippen molar-refractivity contribution in [1.29, 1.82) is 0 Å². The molecule has 3 N–H and O–H groups in total. The van der Waals surface area contributed by atoms with E-state index >= 15 is 28.8 Å². The van der Waals surface area contributed by atoms with E-state index in [2.05, 4.69) is 16.0 Å². The number of nitrogens with one attached hydrogen (secondary N) is 3. The van der Waals surface area contributed by atoms with Crippen molar-refractivity contribution in [2.45, 2.75) is 209 Å². The monoisotopic (exact) mass is 1520 g/mol. The molecular formula is C76H106F6N12O14. The van der Waals surface area contributed by atoms with Crippen LogP contribution in [0.25, 0.3) is 0 Å². The van der Waals surface area contributed by atoms with Gasteiger partial charge in [0.15, 0.2) is 0 Å². The van der Waals surface area contributed by atoms with E-state index in [1.165, 1.54) is 86.9 Å². The zero-order valence-electron chi connectivity index (χ0n) is 63.9. The van der Waals surface area contributed by atoms with E-state index < -0.39 is 198 Å². The standard InChI is InChI=1S/C76H106F6N12O14/c1-13-45(3)63-71(104)88(7)44-62(97)89(8)54-23-16-15-19-36-93(70(54)103)58(38-47-26-30-50(31-27-47)75(77,78)79)69(102)87(6)43-60(95)83-53(33-29-48-28-32-52(76(80,81)82)59(39-48)107-12)67(100)94-42-51(108-14-2)40-56(94)66(99)85-74(34-20-35-74)73(106)92(11)64(49-21-17-18-22-49)72(105)91(10)57(68(101)86(4)5)41-61(96)90(9)55(65(98)84-63)37-46-24-25-46/h15-16,26-28,30-32,39,45-46,49,51,53-58,63-64H,13-14,17-25,29,33-38,40-44H2,1-12H3,(H,83,95)(H,84,98)(H,85,99)/b16-15-/t45-,51+,53+,54-,55-,56-,57-,58-,63-,64-/m0/s1. The Bertz CT molecular complexity index is 3660. The van der Waals surface area contributed by atoms with Crippen molar-refractivity contribution in [2.24, 2.45) is 17.8 Å². The predicted octanol–water partition coefficient (Wildman–Crippen LogP) is 5.22. The molecule has 8 rings (SSSR count). The number of methoxy groups -OCH3 is 1. The number of alkyl halides is 6. The van der Waals surface area contributed by atoms with Gasteiger partial charge >= 0.3 is 12.4 Å². The van der Waals surface area contributed by atoms with Crippen molar-refractivity contribution >= 4 is 70.9 Å². The Morgan fingerprint density at radius 2 is 1.32 bits per heavy atom. The number of hydrogen-bond donors (Lipinski definition) is 3. The number of hydrogen-bond acceptors (Lipinski definition) is 14. The maximum atomic E-state index is 15.6. The number of halogens is 6. The first kappa shape index (κ1) is 84.8. The third kappa shape index (κ3) is 20.1. The van der Waals surface area contributed by atoms with Gasteiger partial charge < -0.3 is 69.5 Å². The lowest BCUT2D eigenvalue weighted by molar-refractivity contribution is -0.158. The largest absolute Gasteiger partial charge is 0.496 e. The minimum absolute atomic E-state index is 0.0104. The summed E-state index contributed by atoms with van der Waals surface area (Å²) in [6, 6.07) is -4.24. The first-order valence-electron chi connectivity index (χ1n) is 37.3. The third-order valence-corrected chi connectivity index (χ3v) is 22.5. The zero-order chi connectivity index (χ0) is 79.6. The van der Waals surface area contributed by atoms with Crippen molar-refractivity contribution in [2.75, 3.05) is 96.3 Å². The Labute approximate surface area is 627 Å². The van der Waals surface area contributed by atoms with Crippen LogP contribution >= 0.6 is 0 Å². The van der Waals surface area contributed by atoms with E-state index in [-0.39, 0.29) is 88.1 Å². The Morgan fingerprint density at radius 1 is 0.676 bits per heavy atom. The Balaban J connectivity index is 1.22. The van der Waals surface area contributed by atoms with Crippen LogP contribution in [0.4, 0.5) is 26.3 Å². The summed E-state index contributed by atoms with van der Waals surface area (Å²) in [5.41, 5.74) is -3.37. The number of ether oxygens (including phenoxy) is 2. The maximum Gasteiger partial charge on any atom is 0.419 e. The number of rotatable bonds is 14. The molecule has 3 aliphatic carbocycles. The molecule has 10 atom stereocenters. The Kier molecular flexibility index (Phi) is 28.4. The molecule has 6 aliphatic rings. The number of carbonyl (C=O) groups excluding carboxylic acids is 12. The van der Waals surface area contributed by atoms with Gasteiger partial charge in [0.2, 0.25) is 70.9 Å². The lowest BCUT2D eigenvalue weighted by Crippen LogP contribution is -2.68. The molecule has 1 spiro atoms. The van der Waals surface area contributed by atoms with Gasteiger partial charge in [-0.05, 0) is 124 Å². The lowest BCUT2D eigenvalue weighted by atomic mass is 9.74. The average molecular weight is 1530 g/mol. The third-order valence-electron chi connectivity index (χ3n) is 22.5. The molecule has 596 valence electrons. The topological polar surface area (TPSA) is 289 Å². The SMILES string of the molecule is CCO[C@@H]1C[C@H]2C(=O)NC3(CCC3)C(=O)N(C)[C@@H](C3CCCC3)C(=O)N(C)[C@H](C(=O)N(C)C)CC(=O)N(C)[C@@H](CC3CC3)C(=O)N[C@@H]([C@@H](C)CC)C(=O)N(C)CC(=O)N(C)[C@H]3C/C=C\CCN(C3=O)[C@@H](Cc3ccc(C(F)(F)F)cc3)C(=O)N(C)CC(=O)N[C@H](CCc3ccc(C(F)(F)F)c(OC)c3)C(=O)N2C1. The normalized spacial score (nSPS) is 26.7. The fraction of sp³-hybridized carbons (Fsp3) is 0.658. The molecule has 32 heteroatoms. The van der Waals surface area contributed by atoms with Gasteiger partial charge in [0.25, 0.3) is 0 Å². The molecule has 0 aromatic heterocycles. The molecule has 26 nitrogen and oxygen atoms in total. The number of benzene rings is 2. The Morgan fingerprint density at radius 3 is 1.91 bits per heavy atom. The number of likely N-dealkylation sites (N-methyl/N-ethyl adjacent to an activating group) is 7. The van der Waals surface area contributed by atoms with Gasteiger partial charge in [-0.1, -0.05) is 76.3 Å². The number of carbonyl (C=O) groups is 12. The van der Waals surface area contributed by atoms with E-state index in [0.717, 1.165) is 75.9 Å². The van der Waals surface area contributed by atoms with E-state index in [9.17, 15) is 55.1 Å². The summed E-state index contributed by atoms with van der Waals surface area (Å²) in [6.07, 6.45) is -3.72. The predicted molar refractivity (Wildman–Crippen MR) is 383 cm³/mol. The van der Waals surface area contributed by atoms with Crippen molar-refractivity contribution in [3.63, 3.8) is 0 Å². The average Bonchev–Trinajstić information content (AvgIpc) is 1.27. The molecule has 2 aromatic carbocycles. The lowest BCUT2D eigenvalue weighted by Gasteiger charge is -2.46. The molecule has 12 amide bonds. The molecule has 2 bridgehead atoms. The van der Waals surface area contributed by atoms with Crippen LogP contribution in [0.15, 0.2) is 54.6 Å². The molecule has 5 fully saturated rings. The number of aryl methyl sites for hydroxylation is 1. The van der Waals surface area contributed by atoms with Crippen molar-refractivity contribution in [3.8, 4) is 5.75 Å². The van der Waals surface area contributed by atoms with Crippen LogP contribution in [0.3, 0.4) is 0 Å². The second-order valence-electron chi connectivity index (χ2n) is 30.2. The van der Waals surface area contributed by atoms with Crippen LogP contribution < -0.4 is 20.7 Å². The molecular weight excluding hydrogens is 1420 g/mol. The maximum absolute atomic E-state index is 15.6. The van der Waals surface area contributed by atoms with Gasteiger partial charge in [-0.25, -0.2) is 0 Å². The molecule has 2 aromatic rings. The fourth-order valence-corrected chi connectivity index (χ4v) is 15.3. The molecule has 3 aliphatic heterocycles. The summed E-state index contributed by atoms with van der Waals surface area (Å²) in [5, 5.41) is 8.54. The minimum atomic E-state index is -4.82. The van der Waals surface area contributed by atoms with Crippen LogP contribution in [0.5, 0.6) is 5.75 Å². The summed E-state index contributed by atoms with van der Waals surface area (Å²) in [4.78, 5) is 192. The second-order valence-corrected chi connectivity index (χ2v) is 30.2. The summed E-state index contributed by atoms with van der Waals surface area (Å²) in [5.74, 6) is -10.8. The summed E-state index contributed by atoms with van der Waals surface area (Å²) < 4.78 is 95.6. The summed E-state index contributed by atoms with van der Waals surface area (Å²) in [7, 11) is 12.0. The fourth-order valence-electron chi connectivity index (χ4n) is 15.3. The highest BCUT2D eigenvalue weighted by atomic mass is 19.4. The van der Waals surface area contributed by atoms with E-state index in [1.807, 2.05) is 0 Å². The van der Waals surface area contributed by atoms with E-state index in [0.29, 0.717) is 38.5 Å². The van der Waals surface area contributed by atoms with Crippen molar-refractivity contribution in [3.05, 3.63) is 76.9 Å². The summed E-state index contributed by atoms with van der Waals surface area (Å²) >= 11 is 0. The smallest absolute Gasteiger partial charge is 0.419 e. The summed E-state index contributed by atoms with van der Waals surface area (Å²) in [6.45, 7) is 3.38. The molecule has 3 heterocycles. The first-order valence-corrected chi connectivity index (χ1v) is 37.3. The Hall–Kier alpha value is -8.84. The van der Waals surface area contributed by atoms with Gasteiger partial charge in [0, 0.05) is 88.9 Å². The second kappa shape index (κ2) is 36.1. The van der Waals surface area contributed by atoms with Crippen molar-refractivity contribution in [1.82, 2.24) is 60.0 Å². The van der Waals surface area contributed by atoms with Crippen LogP contribution in [-0.4, -0.2) is 271 Å². The minimum Gasteiger partial charge on any atom is -0.496 e. The number of amides is 12. The highest BCUT2D eigenvalue weighted by Crippen LogP contribution is 2.41. The highest BCUT2D eigenvalue weighted by molar-refractivity contribution is 6.01. The van der Waals surface area contributed by atoms with Crippen LogP contribution in [-0.2, 0) is 87.5 Å². The molecule has 2 saturated heterocycles. The van der Waals surface area contributed by atoms with E-state index in [1.54, 1.807) is 32.9 Å². The first-order chi connectivity index (χ1) is 50.9. The van der Waals surface area contributed by atoms with Gasteiger partial charge in [-0.2, -0.15) is 26.3 Å². The van der Waals surface area contributed by atoms with Gasteiger partial charge in [0.05, 0.1) is 43.9 Å². The highest BCUT2D eigenvalue weighted by Gasteiger charge is 2.54.